The van der Waals surface area contributed by atoms with Crippen LogP contribution in [0.25, 0.3) is 0 Å². The molecule has 0 aliphatic rings. The van der Waals surface area contributed by atoms with Crippen LogP contribution in [0.5, 0.6) is 0 Å². The molecule has 0 spiro atoms. The van der Waals surface area contributed by atoms with E-state index < -0.39 is 8.25 Å². The topological polar surface area (TPSA) is 89.2 Å². The molecule has 0 saturated heterocycles. The predicted octanol–water partition coefficient (Wildman–Crippen LogP) is -4.89. The van der Waals surface area contributed by atoms with Crippen LogP contribution in [0.3, 0.4) is 0 Å². The van der Waals surface area contributed by atoms with Crippen LogP contribution in [0.4, 0.5) is 0 Å². The van der Waals surface area contributed by atoms with Crippen molar-refractivity contribution in [3.05, 3.63) is 25.3 Å². The van der Waals surface area contributed by atoms with Gasteiger partial charge in [0.1, 0.15) is 0 Å². The van der Waals surface area contributed by atoms with Crippen LogP contribution in [0.2, 0.25) is 0 Å². The Hall–Kier alpha value is 1.46. The fraction of sp³-hybridized carbons (Fsp3) is 0.556. The van der Waals surface area contributed by atoms with Crippen LogP contribution >= 0.6 is 8.25 Å². The van der Waals surface area contributed by atoms with E-state index in [9.17, 15) is 0 Å². The summed E-state index contributed by atoms with van der Waals surface area (Å²) in [5.74, 6) is 0. The molecule has 0 aromatic rings. The van der Waals surface area contributed by atoms with Gasteiger partial charge in [-0.1, -0.05) is 23.6 Å². The smallest absolute Gasteiger partial charge is 0.598 e. The van der Waals surface area contributed by atoms with Crippen molar-refractivity contribution in [3.8, 4) is 0 Å². The molecule has 0 rings (SSSR count). The Morgan fingerprint density at radius 2 is 1.25 bits per heavy atom. The molecule has 0 aliphatic heterocycles. The molecule has 0 bridgehead atoms. The Labute approximate surface area is 145 Å². The first kappa shape index (κ1) is 36.0. The zero-order valence-electron chi connectivity index (χ0n) is 11.2. The van der Waals surface area contributed by atoms with Gasteiger partial charge in [0.15, 0.2) is 0 Å². The predicted molar refractivity (Wildman–Crippen MR) is 58.7 cm³/mol. The Kier molecular flexibility index (Phi) is 124. The van der Waals surface area contributed by atoms with Gasteiger partial charge in [-0.25, -0.2) is 0 Å². The van der Waals surface area contributed by atoms with Gasteiger partial charge in [0.2, 0.25) is 0 Å². The van der Waals surface area contributed by atoms with Gasteiger partial charge in [-0.15, -0.1) is 13.2 Å². The van der Waals surface area contributed by atoms with Crippen molar-refractivity contribution in [3.63, 3.8) is 0 Å². The molecule has 0 aliphatic carbocycles. The summed E-state index contributed by atoms with van der Waals surface area (Å²) in [7, 11) is -3.37. The Balaban J connectivity index is -0.0000000202. The van der Waals surface area contributed by atoms with E-state index in [1.807, 2.05) is 13.8 Å². The average molecular weight is 268 g/mol. The Bertz CT molecular complexity index is 115. The minimum atomic E-state index is -3.37. The van der Waals surface area contributed by atoms with Gasteiger partial charge in [-0.3, -0.25) is 0 Å². The maximum atomic E-state index is 8.48. The van der Waals surface area contributed by atoms with E-state index >= 15 is 0 Å². The van der Waals surface area contributed by atoms with Crippen molar-refractivity contribution in [2.75, 3.05) is 6.54 Å². The standard InChI is InChI=1S/C3H9N.2C3H6.2Na.HO3P/c1-2-3-4;2*1-3-2;;;1-4(2)3/h2-4H2,1H3;2*3H,1H2,2H3;;;(H,1,2,3)/q;;;2*+1;/p-1. The summed E-state index contributed by atoms with van der Waals surface area (Å²) in [6.07, 6.45) is 4.60. The van der Waals surface area contributed by atoms with E-state index in [1.165, 1.54) is 0 Å². The molecule has 0 aromatic heterocycles. The fourth-order valence-electron chi connectivity index (χ4n) is 0. The summed E-state index contributed by atoms with van der Waals surface area (Å²) in [6.45, 7) is 13.4. The number of allylic oxidation sites excluding steroid dienone is 2. The van der Waals surface area contributed by atoms with Crippen LogP contribution in [-0.4, -0.2) is 6.54 Å². The van der Waals surface area contributed by atoms with Crippen molar-refractivity contribution in [1.82, 2.24) is 0 Å². The van der Waals surface area contributed by atoms with Crippen molar-refractivity contribution in [1.29, 1.82) is 0 Å². The molecule has 2 N–H and O–H groups in total. The number of nitrogens with two attached hydrogens (primary N) is 1. The second-order valence-electron chi connectivity index (χ2n) is 1.83. The molecule has 0 saturated carbocycles. The largest absolute Gasteiger partial charge is 1.00 e. The van der Waals surface area contributed by atoms with E-state index in [2.05, 4.69) is 20.1 Å². The van der Waals surface area contributed by atoms with E-state index in [4.69, 9.17) is 20.1 Å². The maximum absolute atomic E-state index is 8.48. The number of hydrogen-bond donors (Lipinski definition) is 1. The van der Waals surface area contributed by atoms with Gasteiger partial charge in [-0.05, 0) is 26.8 Å². The molecule has 0 heterocycles. The van der Waals surface area contributed by atoms with E-state index in [0.29, 0.717) is 0 Å². The summed E-state index contributed by atoms with van der Waals surface area (Å²) < 4.78 is 8.48. The second kappa shape index (κ2) is 55.0. The third kappa shape index (κ3) is 534. The van der Waals surface area contributed by atoms with Gasteiger partial charge >= 0.3 is 59.1 Å². The number of hydrogen-bond acceptors (Lipinski definition) is 4. The summed E-state index contributed by atoms with van der Waals surface area (Å²) in [4.78, 5) is 17.0. The van der Waals surface area contributed by atoms with Gasteiger partial charge in [0.05, 0.1) is 0 Å². The molecular formula is C9H21NNa2O3P+. The zero-order chi connectivity index (χ0) is 12.4. The summed E-state index contributed by atoms with van der Waals surface area (Å²) in [5.41, 5.74) is 5.03. The molecule has 0 radical (unpaired) electrons. The summed E-state index contributed by atoms with van der Waals surface area (Å²) in [6, 6.07) is 0. The summed E-state index contributed by atoms with van der Waals surface area (Å²) >= 11 is 0. The fourth-order valence-corrected chi connectivity index (χ4v) is 0. The van der Waals surface area contributed by atoms with E-state index in [0.717, 1.165) is 13.0 Å². The van der Waals surface area contributed by atoms with Crippen LogP contribution in [-0.2, 0) is 4.57 Å². The first-order valence-corrected chi connectivity index (χ1v) is 5.23. The second-order valence-corrected chi connectivity index (χ2v) is 2.28. The van der Waals surface area contributed by atoms with Crippen LogP contribution in [0, 0.1) is 0 Å². The minimum absolute atomic E-state index is 0. The quantitative estimate of drug-likeness (QED) is 0.293. The molecule has 0 amide bonds. The summed E-state index contributed by atoms with van der Waals surface area (Å²) in [5, 5.41) is 0. The third-order valence-electron chi connectivity index (χ3n) is 0.289. The molecule has 0 aromatic carbocycles. The average Bonchev–Trinajstić information content (AvgIpc) is 2.06. The maximum Gasteiger partial charge on any atom is 1.00 e. The molecule has 0 unspecified atom stereocenters. The van der Waals surface area contributed by atoms with Crippen LogP contribution in [0.1, 0.15) is 27.2 Å². The zero-order valence-corrected chi connectivity index (χ0v) is 16.1. The normalized spacial score (nSPS) is 5.12. The first-order valence-electron chi connectivity index (χ1n) is 4.13. The van der Waals surface area contributed by atoms with Gasteiger partial charge in [0, 0.05) is 0 Å². The SMILES string of the molecule is C=CC.C=CC.CCCN.O=[P+]([O-])[O-].[Na+].[Na+]. The Morgan fingerprint density at radius 1 is 1.19 bits per heavy atom. The molecule has 86 valence electrons. The molecule has 4 nitrogen and oxygen atoms in total. The van der Waals surface area contributed by atoms with Crippen molar-refractivity contribution in [2.45, 2.75) is 27.2 Å². The van der Waals surface area contributed by atoms with Crippen LogP contribution < -0.4 is 74.6 Å². The van der Waals surface area contributed by atoms with Crippen molar-refractivity contribution < 1.29 is 73.5 Å². The van der Waals surface area contributed by atoms with Gasteiger partial charge in [0.25, 0.3) is 8.25 Å². The molecular weight excluding hydrogens is 247 g/mol. The van der Waals surface area contributed by atoms with Crippen molar-refractivity contribution in [2.24, 2.45) is 5.73 Å². The number of rotatable bonds is 1. The molecule has 7 heteroatoms. The van der Waals surface area contributed by atoms with Crippen molar-refractivity contribution >= 4 is 8.25 Å². The van der Waals surface area contributed by atoms with Gasteiger partial charge in [-0.2, -0.15) is 0 Å². The molecule has 0 atom stereocenters. The molecule has 16 heavy (non-hydrogen) atoms. The Morgan fingerprint density at radius 3 is 1.25 bits per heavy atom. The van der Waals surface area contributed by atoms with E-state index in [-0.39, 0.29) is 59.1 Å². The van der Waals surface area contributed by atoms with E-state index in [1.54, 1.807) is 12.2 Å². The minimum Gasteiger partial charge on any atom is -0.598 e. The first-order chi connectivity index (χ1) is 6.47. The third-order valence-corrected chi connectivity index (χ3v) is 0.289. The van der Waals surface area contributed by atoms with Gasteiger partial charge < -0.3 is 15.5 Å². The monoisotopic (exact) mass is 268 g/mol. The molecule has 0 fully saturated rings. The van der Waals surface area contributed by atoms with Crippen LogP contribution in [0.15, 0.2) is 25.3 Å².